The van der Waals surface area contributed by atoms with Crippen LogP contribution in [0.1, 0.15) is 11.1 Å². The van der Waals surface area contributed by atoms with Gasteiger partial charge in [0.25, 0.3) is 0 Å². The second-order valence-corrected chi connectivity index (χ2v) is 4.32. The fourth-order valence-corrected chi connectivity index (χ4v) is 1.82. The number of aryl methyl sites for hydroxylation is 1. The largest absolute Gasteiger partial charge is 0.370 e. The fourth-order valence-electron chi connectivity index (χ4n) is 1.82. The lowest BCUT2D eigenvalue weighted by Gasteiger charge is -2.19. The molecule has 0 radical (unpaired) electrons. The zero-order chi connectivity index (χ0) is 12.3. The van der Waals surface area contributed by atoms with Crippen LogP contribution in [0, 0.1) is 12.7 Å². The van der Waals surface area contributed by atoms with Crippen molar-refractivity contribution in [1.82, 2.24) is 0 Å². The predicted octanol–water partition coefficient (Wildman–Crippen LogP) is 3.77. The Kier molecular flexibility index (Phi) is 3.43. The number of benzene rings is 2. The number of rotatable bonds is 3. The highest BCUT2D eigenvalue weighted by Crippen LogP contribution is 2.16. The van der Waals surface area contributed by atoms with E-state index in [2.05, 4.69) is 30.0 Å². The van der Waals surface area contributed by atoms with Crippen molar-refractivity contribution in [2.24, 2.45) is 0 Å². The van der Waals surface area contributed by atoms with E-state index in [0.29, 0.717) is 0 Å². The van der Waals surface area contributed by atoms with Crippen LogP contribution in [-0.2, 0) is 6.54 Å². The average molecular weight is 229 g/mol. The molecule has 0 aliphatic heterocycles. The van der Waals surface area contributed by atoms with Crippen molar-refractivity contribution in [3.05, 3.63) is 65.5 Å². The van der Waals surface area contributed by atoms with Gasteiger partial charge in [0.2, 0.25) is 0 Å². The fraction of sp³-hybridized carbons (Fsp3) is 0.200. The van der Waals surface area contributed by atoms with Gasteiger partial charge in [0.15, 0.2) is 0 Å². The SMILES string of the molecule is Cc1cccc(N(C)Cc2ccc(F)cc2)c1. The Hall–Kier alpha value is -1.83. The quantitative estimate of drug-likeness (QED) is 0.774. The summed E-state index contributed by atoms with van der Waals surface area (Å²) in [4.78, 5) is 2.15. The van der Waals surface area contributed by atoms with Crippen LogP contribution in [0.5, 0.6) is 0 Å². The number of hydrogen-bond acceptors (Lipinski definition) is 1. The summed E-state index contributed by atoms with van der Waals surface area (Å²) in [7, 11) is 2.04. The van der Waals surface area contributed by atoms with Crippen LogP contribution in [0.3, 0.4) is 0 Å². The van der Waals surface area contributed by atoms with E-state index in [1.807, 2.05) is 25.2 Å². The van der Waals surface area contributed by atoms with Gasteiger partial charge in [0.1, 0.15) is 5.82 Å². The molecular formula is C15H16FN. The molecular weight excluding hydrogens is 213 g/mol. The van der Waals surface area contributed by atoms with Crippen molar-refractivity contribution < 1.29 is 4.39 Å². The number of nitrogens with zero attached hydrogens (tertiary/aromatic N) is 1. The molecule has 0 bridgehead atoms. The van der Waals surface area contributed by atoms with Crippen molar-refractivity contribution in [1.29, 1.82) is 0 Å². The van der Waals surface area contributed by atoms with Gasteiger partial charge in [-0.1, -0.05) is 24.3 Å². The van der Waals surface area contributed by atoms with Crippen LogP contribution in [0.2, 0.25) is 0 Å². The average Bonchev–Trinajstić information content (AvgIpc) is 2.32. The maximum Gasteiger partial charge on any atom is 0.123 e. The van der Waals surface area contributed by atoms with Crippen LogP contribution in [0.25, 0.3) is 0 Å². The molecule has 0 saturated carbocycles. The van der Waals surface area contributed by atoms with Gasteiger partial charge in [-0.2, -0.15) is 0 Å². The first-order valence-electron chi connectivity index (χ1n) is 5.67. The molecule has 2 aromatic carbocycles. The molecule has 0 amide bonds. The maximum absolute atomic E-state index is 12.8. The summed E-state index contributed by atoms with van der Waals surface area (Å²) in [6.07, 6.45) is 0. The molecule has 0 heterocycles. The number of anilines is 1. The first-order valence-corrected chi connectivity index (χ1v) is 5.67. The molecule has 0 unspecified atom stereocenters. The standard InChI is InChI=1S/C15H16FN/c1-12-4-3-5-15(10-12)17(2)11-13-6-8-14(16)9-7-13/h3-10H,11H2,1-2H3. The van der Waals surface area contributed by atoms with Gasteiger partial charge in [-0.05, 0) is 42.3 Å². The van der Waals surface area contributed by atoms with E-state index >= 15 is 0 Å². The van der Waals surface area contributed by atoms with E-state index in [1.165, 1.54) is 23.4 Å². The third-order valence-electron chi connectivity index (χ3n) is 2.78. The first kappa shape index (κ1) is 11.6. The number of halogens is 1. The molecule has 0 saturated heterocycles. The molecule has 2 heteroatoms. The zero-order valence-electron chi connectivity index (χ0n) is 10.2. The Labute approximate surface area is 102 Å². The summed E-state index contributed by atoms with van der Waals surface area (Å²) in [6.45, 7) is 2.86. The monoisotopic (exact) mass is 229 g/mol. The molecule has 0 aliphatic rings. The van der Waals surface area contributed by atoms with Crippen LogP contribution in [-0.4, -0.2) is 7.05 Å². The summed E-state index contributed by atoms with van der Waals surface area (Å²) < 4.78 is 12.8. The molecule has 2 aromatic rings. The minimum absolute atomic E-state index is 0.188. The zero-order valence-corrected chi connectivity index (χ0v) is 10.2. The van der Waals surface area contributed by atoms with Crippen LogP contribution >= 0.6 is 0 Å². The van der Waals surface area contributed by atoms with E-state index in [4.69, 9.17) is 0 Å². The second kappa shape index (κ2) is 5.00. The molecule has 17 heavy (non-hydrogen) atoms. The topological polar surface area (TPSA) is 3.24 Å². The van der Waals surface area contributed by atoms with Gasteiger partial charge in [-0.3, -0.25) is 0 Å². The van der Waals surface area contributed by atoms with Gasteiger partial charge >= 0.3 is 0 Å². The molecule has 0 N–H and O–H groups in total. The highest BCUT2D eigenvalue weighted by Gasteiger charge is 2.02. The molecule has 2 rings (SSSR count). The third-order valence-corrected chi connectivity index (χ3v) is 2.78. The Morgan fingerprint density at radius 2 is 1.76 bits per heavy atom. The predicted molar refractivity (Wildman–Crippen MR) is 69.7 cm³/mol. The van der Waals surface area contributed by atoms with Crippen molar-refractivity contribution in [2.75, 3.05) is 11.9 Å². The van der Waals surface area contributed by atoms with Gasteiger partial charge in [0, 0.05) is 19.3 Å². The smallest absolute Gasteiger partial charge is 0.123 e. The molecule has 0 aliphatic carbocycles. The normalized spacial score (nSPS) is 10.3. The molecule has 88 valence electrons. The van der Waals surface area contributed by atoms with E-state index in [1.54, 1.807) is 0 Å². The molecule has 1 nitrogen and oxygen atoms in total. The summed E-state index contributed by atoms with van der Waals surface area (Å²) in [5, 5.41) is 0. The summed E-state index contributed by atoms with van der Waals surface area (Å²) in [6, 6.07) is 15.0. The highest BCUT2D eigenvalue weighted by molar-refractivity contribution is 5.48. The van der Waals surface area contributed by atoms with E-state index in [-0.39, 0.29) is 5.82 Å². The van der Waals surface area contributed by atoms with Crippen LogP contribution in [0.4, 0.5) is 10.1 Å². The van der Waals surface area contributed by atoms with Crippen molar-refractivity contribution in [3.63, 3.8) is 0 Å². The minimum atomic E-state index is -0.188. The lowest BCUT2D eigenvalue weighted by Crippen LogP contribution is -2.16. The summed E-state index contributed by atoms with van der Waals surface area (Å²) in [5.74, 6) is -0.188. The Balaban J connectivity index is 2.11. The van der Waals surface area contributed by atoms with Gasteiger partial charge in [0.05, 0.1) is 0 Å². The van der Waals surface area contributed by atoms with E-state index < -0.39 is 0 Å². The third kappa shape index (κ3) is 3.06. The first-order chi connectivity index (χ1) is 8.15. The lowest BCUT2D eigenvalue weighted by atomic mass is 10.1. The number of hydrogen-bond donors (Lipinski definition) is 0. The van der Waals surface area contributed by atoms with E-state index in [0.717, 1.165) is 12.1 Å². The minimum Gasteiger partial charge on any atom is -0.370 e. The molecule has 0 aromatic heterocycles. The molecule has 0 fully saturated rings. The maximum atomic E-state index is 12.8. The van der Waals surface area contributed by atoms with Crippen LogP contribution in [0.15, 0.2) is 48.5 Å². The van der Waals surface area contributed by atoms with Crippen molar-refractivity contribution in [2.45, 2.75) is 13.5 Å². The lowest BCUT2D eigenvalue weighted by molar-refractivity contribution is 0.627. The van der Waals surface area contributed by atoms with Gasteiger partial charge in [-0.15, -0.1) is 0 Å². The van der Waals surface area contributed by atoms with Gasteiger partial charge < -0.3 is 4.90 Å². The Morgan fingerprint density at radius 3 is 2.41 bits per heavy atom. The van der Waals surface area contributed by atoms with Crippen molar-refractivity contribution in [3.8, 4) is 0 Å². The Bertz CT molecular complexity index is 491. The van der Waals surface area contributed by atoms with Gasteiger partial charge in [-0.25, -0.2) is 4.39 Å². The van der Waals surface area contributed by atoms with Crippen LogP contribution < -0.4 is 4.90 Å². The highest BCUT2D eigenvalue weighted by atomic mass is 19.1. The van der Waals surface area contributed by atoms with Crippen molar-refractivity contribution >= 4 is 5.69 Å². The Morgan fingerprint density at radius 1 is 1.06 bits per heavy atom. The molecule has 0 spiro atoms. The van der Waals surface area contributed by atoms with E-state index in [9.17, 15) is 4.39 Å². The molecule has 0 atom stereocenters. The summed E-state index contributed by atoms with van der Waals surface area (Å²) >= 11 is 0. The second-order valence-electron chi connectivity index (χ2n) is 4.32. The summed E-state index contributed by atoms with van der Waals surface area (Å²) in [5.41, 5.74) is 3.53.